The van der Waals surface area contributed by atoms with Crippen molar-refractivity contribution in [3.8, 4) is 11.5 Å². The summed E-state index contributed by atoms with van der Waals surface area (Å²) < 4.78 is 10.9. The molecule has 5 rings (SSSR count). The van der Waals surface area contributed by atoms with Crippen molar-refractivity contribution in [1.29, 1.82) is 0 Å². The fraction of sp³-hybridized carbons (Fsp3) is 0.476. The summed E-state index contributed by atoms with van der Waals surface area (Å²) in [4.78, 5) is 27.8. The van der Waals surface area contributed by atoms with E-state index in [9.17, 15) is 4.79 Å². The summed E-state index contributed by atoms with van der Waals surface area (Å²) in [7, 11) is 0. The molecular formula is C21H25N5O3. The van der Waals surface area contributed by atoms with Gasteiger partial charge in [0, 0.05) is 45.8 Å². The Bertz CT molecular complexity index is 874. The molecule has 0 atom stereocenters. The van der Waals surface area contributed by atoms with E-state index in [1.807, 2.05) is 11.0 Å². The highest BCUT2D eigenvalue weighted by atomic mass is 16.7. The molecule has 2 aromatic rings. The monoisotopic (exact) mass is 395 g/mol. The van der Waals surface area contributed by atoms with Gasteiger partial charge in [-0.05, 0) is 30.5 Å². The van der Waals surface area contributed by atoms with E-state index in [1.165, 1.54) is 5.56 Å². The van der Waals surface area contributed by atoms with E-state index in [0.29, 0.717) is 12.5 Å². The molecule has 0 bridgehead atoms. The normalized spacial score (nSPS) is 19.0. The number of anilines is 1. The Morgan fingerprint density at radius 1 is 0.931 bits per heavy atom. The number of carbonyl (C=O) groups excluding carboxylic acids is 1. The van der Waals surface area contributed by atoms with Crippen LogP contribution in [-0.2, 0) is 6.54 Å². The fourth-order valence-electron chi connectivity index (χ4n) is 4.11. The number of ether oxygens (including phenoxy) is 2. The predicted octanol–water partition coefficient (Wildman–Crippen LogP) is 1.76. The molecule has 3 aliphatic rings. The first-order valence-electron chi connectivity index (χ1n) is 10.2. The SMILES string of the molecule is O=C(c1cnc(N2CCN(Cc3ccc4c(c3)OCO4)CC2)cn1)N1CCCC1. The van der Waals surface area contributed by atoms with Crippen LogP contribution in [0.15, 0.2) is 30.6 Å². The number of hydrogen-bond donors (Lipinski definition) is 0. The quantitative estimate of drug-likeness (QED) is 0.781. The van der Waals surface area contributed by atoms with Gasteiger partial charge in [-0.25, -0.2) is 9.97 Å². The largest absolute Gasteiger partial charge is 0.454 e. The number of aromatic nitrogens is 2. The first-order valence-corrected chi connectivity index (χ1v) is 10.2. The molecule has 1 aromatic heterocycles. The van der Waals surface area contributed by atoms with E-state index in [2.05, 4.69) is 31.9 Å². The highest BCUT2D eigenvalue weighted by Gasteiger charge is 2.23. The van der Waals surface area contributed by atoms with Crippen LogP contribution in [0.2, 0.25) is 0 Å². The molecule has 0 spiro atoms. The standard InChI is InChI=1S/C21H25N5O3/c27-21(26-5-1-2-6-26)17-12-23-20(13-22-17)25-9-7-24(8-10-25)14-16-3-4-18-19(11-16)29-15-28-18/h3-4,11-13H,1-2,5-10,14-15H2. The van der Waals surface area contributed by atoms with Crippen LogP contribution in [0.1, 0.15) is 28.9 Å². The molecule has 8 nitrogen and oxygen atoms in total. The van der Waals surface area contributed by atoms with Crippen LogP contribution >= 0.6 is 0 Å². The molecule has 29 heavy (non-hydrogen) atoms. The van der Waals surface area contributed by atoms with Crippen LogP contribution in [0.4, 0.5) is 5.82 Å². The topological polar surface area (TPSA) is 71.0 Å². The first-order chi connectivity index (χ1) is 14.3. The lowest BCUT2D eigenvalue weighted by Crippen LogP contribution is -2.46. The molecular weight excluding hydrogens is 370 g/mol. The summed E-state index contributed by atoms with van der Waals surface area (Å²) in [6.07, 6.45) is 5.51. The van der Waals surface area contributed by atoms with Gasteiger partial charge in [-0.15, -0.1) is 0 Å². The number of nitrogens with zero attached hydrogens (tertiary/aromatic N) is 5. The number of likely N-dealkylation sites (tertiary alicyclic amines) is 1. The molecule has 4 heterocycles. The Morgan fingerprint density at radius 2 is 1.72 bits per heavy atom. The molecule has 3 aliphatic heterocycles. The van der Waals surface area contributed by atoms with Gasteiger partial charge in [-0.2, -0.15) is 0 Å². The maximum absolute atomic E-state index is 12.4. The molecule has 2 saturated heterocycles. The Labute approximate surface area is 170 Å². The van der Waals surface area contributed by atoms with Crippen molar-refractivity contribution in [2.75, 3.05) is 51.0 Å². The number of amides is 1. The summed E-state index contributed by atoms with van der Waals surface area (Å²) in [6.45, 7) is 6.52. The van der Waals surface area contributed by atoms with E-state index >= 15 is 0 Å². The van der Waals surface area contributed by atoms with Crippen LogP contribution < -0.4 is 14.4 Å². The van der Waals surface area contributed by atoms with Crippen molar-refractivity contribution in [2.24, 2.45) is 0 Å². The lowest BCUT2D eigenvalue weighted by molar-refractivity contribution is 0.0786. The number of fused-ring (bicyclic) bond motifs is 1. The average molecular weight is 395 g/mol. The summed E-state index contributed by atoms with van der Waals surface area (Å²) in [5, 5.41) is 0. The van der Waals surface area contributed by atoms with Crippen LogP contribution in [0.3, 0.4) is 0 Å². The third kappa shape index (κ3) is 3.85. The van der Waals surface area contributed by atoms with Crippen LogP contribution in [0.5, 0.6) is 11.5 Å². The summed E-state index contributed by atoms with van der Waals surface area (Å²) in [5.41, 5.74) is 1.67. The minimum Gasteiger partial charge on any atom is -0.454 e. The zero-order valence-electron chi connectivity index (χ0n) is 16.4. The van der Waals surface area contributed by atoms with Gasteiger partial charge in [0.1, 0.15) is 11.5 Å². The molecule has 2 fully saturated rings. The minimum absolute atomic E-state index is 0.00454. The summed E-state index contributed by atoms with van der Waals surface area (Å²) >= 11 is 0. The number of rotatable bonds is 4. The lowest BCUT2D eigenvalue weighted by Gasteiger charge is -2.35. The Kier molecular flexibility index (Phi) is 4.93. The van der Waals surface area contributed by atoms with Gasteiger partial charge >= 0.3 is 0 Å². The zero-order chi connectivity index (χ0) is 19.6. The molecule has 0 radical (unpaired) electrons. The highest BCUT2D eigenvalue weighted by Crippen LogP contribution is 2.32. The maximum Gasteiger partial charge on any atom is 0.274 e. The second kappa shape index (κ2) is 7.87. The second-order valence-electron chi connectivity index (χ2n) is 7.71. The van der Waals surface area contributed by atoms with Gasteiger partial charge in [0.25, 0.3) is 5.91 Å². The van der Waals surface area contributed by atoms with Gasteiger partial charge in [-0.1, -0.05) is 6.07 Å². The number of carbonyl (C=O) groups is 1. The Balaban J connectivity index is 1.16. The van der Waals surface area contributed by atoms with Crippen molar-refractivity contribution in [3.63, 3.8) is 0 Å². The van der Waals surface area contributed by atoms with Crippen molar-refractivity contribution in [3.05, 3.63) is 41.9 Å². The van der Waals surface area contributed by atoms with E-state index in [-0.39, 0.29) is 5.91 Å². The molecule has 1 amide bonds. The lowest BCUT2D eigenvalue weighted by atomic mass is 10.1. The van der Waals surface area contributed by atoms with Crippen LogP contribution in [0, 0.1) is 0 Å². The Morgan fingerprint density at radius 3 is 2.48 bits per heavy atom. The number of benzene rings is 1. The predicted molar refractivity (Wildman–Crippen MR) is 107 cm³/mol. The molecule has 0 unspecified atom stereocenters. The fourth-order valence-corrected chi connectivity index (χ4v) is 4.11. The smallest absolute Gasteiger partial charge is 0.274 e. The highest BCUT2D eigenvalue weighted by molar-refractivity contribution is 5.92. The number of piperazine rings is 1. The molecule has 0 saturated carbocycles. The van der Waals surface area contributed by atoms with Gasteiger partial charge in [0.05, 0.1) is 12.4 Å². The molecule has 8 heteroatoms. The van der Waals surface area contributed by atoms with Crippen LogP contribution in [-0.4, -0.2) is 71.7 Å². The van der Waals surface area contributed by atoms with Gasteiger partial charge < -0.3 is 19.3 Å². The second-order valence-corrected chi connectivity index (χ2v) is 7.71. The molecule has 152 valence electrons. The van der Waals surface area contributed by atoms with E-state index in [0.717, 1.165) is 76.0 Å². The van der Waals surface area contributed by atoms with E-state index in [4.69, 9.17) is 9.47 Å². The van der Waals surface area contributed by atoms with Crippen molar-refractivity contribution < 1.29 is 14.3 Å². The van der Waals surface area contributed by atoms with Crippen molar-refractivity contribution >= 4 is 11.7 Å². The van der Waals surface area contributed by atoms with E-state index < -0.39 is 0 Å². The Hall–Kier alpha value is -2.87. The first kappa shape index (κ1) is 18.2. The average Bonchev–Trinajstić information content (AvgIpc) is 3.46. The van der Waals surface area contributed by atoms with Crippen molar-refractivity contribution in [1.82, 2.24) is 19.8 Å². The number of hydrogen-bond acceptors (Lipinski definition) is 7. The summed E-state index contributed by atoms with van der Waals surface area (Å²) in [5.74, 6) is 2.49. The third-order valence-electron chi connectivity index (χ3n) is 5.79. The van der Waals surface area contributed by atoms with Gasteiger partial charge in [0.2, 0.25) is 6.79 Å². The van der Waals surface area contributed by atoms with Crippen LogP contribution in [0.25, 0.3) is 0 Å². The third-order valence-corrected chi connectivity index (χ3v) is 5.79. The van der Waals surface area contributed by atoms with Crippen molar-refractivity contribution in [2.45, 2.75) is 19.4 Å². The zero-order valence-corrected chi connectivity index (χ0v) is 16.4. The molecule has 0 N–H and O–H groups in total. The molecule has 0 aliphatic carbocycles. The maximum atomic E-state index is 12.4. The summed E-state index contributed by atoms with van der Waals surface area (Å²) in [6, 6.07) is 6.15. The molecule has 1 aromatic carbocycles. The minimum atomic E-state index is -0.00454. The van der Waals surface area contributed by atoms with Gasteiger partial charge in [0.15, 0.2) is 11.5 Å². The van der Waals surface area contributed by atoms with Gasteiger partial charge in [-0.3, -0.25) is 9.69 Å². The van der Waals surface area contributed by atoms with E-state index in [1.54, 1.807) is 12.4 Å².